The number of carbonyl (C=O) groups excluding carboxylic acids is 3. The lowest BCUT2D eigenvalue weighted by Crippen LogP contribution is -2.41. The van der Waals surface area contributed by atoms with E-state index in [1.165, 1.54) is 26.4 Å². The summed E-state index contributed by atoms with van der Waals surface area (Å²) < 4.78 is 15.0. The van der Waals surface area contributed by atoms with Crippen molar-refractivity contribution in [1.82, 2.24) is 10.6 Å². The number of methoxy groups -OCH3 is 2. The molecule has 0 aromatic heterocycles. The second-order valence-electron chi connectivity index (χ2n) is 5.66. The van der Waals surface area contributed by atoms with Crippen molar-refractivity contribution in [1.29, 1.82) is 0 Å². The van der Waals surface area contributed by atoms with E-state index in [4.69, 9.17) is 14.2 Å². The maximum atomic E-state index is 12.0. The van der Waals surface area contributed by atoms with E-state index in [0.717, 1.165) is 6.42 Å². The number of benzene rings is 1. The van der Waals surface area contributed by atoms with Crippen LogP contribution in [0.3, 0.4) is 0 Å². The maximum absolute atomic E-state index is 12.0. The normalized spacial score (nSPS) is 10.1. The molecule has 0 saturated carbocycles. The molecule has 0 atom stereocenters. The predicted octanol–water partition coefficient (Wildman–Crippen LogP) is 1.73. The molecule has 1 rings (SSSR count). The summed E-state index contributed by atoms with van der Waals surface area (Å²) in [5.74, 6) is -0.171. The zero-order valence-electron chi connectivity index (χ0n) is 14.9. The van der Waals surface area contributed by atoms with Crippen molar-refractivity contribution in [2.75, 3.05) is 27.4 Å². The molecule has 2 N–H and O–H groups in total. The molecule has 1 aromatic rings. The van der Waals surface area contributed by atoms with Gasteiger partial charge in [-0.1, -0.05) is 13.8 Å². The Morgan fingerprint density at radius 1 is 1.04 bits per heavy atom. The molecule has 0 bridgehead atoms. The van der Waals surface area contributed by atoms with Gasteiger partial charge in [-0.3, -0.25) is 10.1 Å². The van der Waals surface area contributed by atoms with Crippen LogP contribution in [0.15, 0.2) is 18.2 Å². The molecule has 0 radical (unpaired) electrons. The highest BCUT2D eigenvalue weighted by atomic mass is 16.5. The van der Waals surface area contributed by atoms with E-state index in [1.807, 2.05) is 13.8 Å². The van der Waals surface area contributed by atoms with Gasteiger partial charge in [-0.05, 0) is 24.5 Å². The van der Waals surface area contributed by atoms with E-state index in [-0.39, 0.29) is 5.56 Å². The summed E-state index contributed by atoms with van der Waals surface area (Å²) >= 11 is 0. The molecular formula is C17H24N2O6. The zero-order valence-corrected chi connectivity index (χ0v) is 14.9. The monoisotopic (exact) mass is 352 g/mol. The first-order valence-electron chi connectivity index (χ1n) is 7.83. The zero-order chi connectivity index (χ0) is 18.8. The number of carbonyl (C=O) groups is 3. The van der Waals surface area contributed by atoms with Gasteiger partial charge in [0.15, 0.2) is 6.61 Å². The van der Waals surface area contributed by atoms with E-state index in [1.54, 1.807) is 6.07 Å². The van der Waals surface area contributed by atoms with Crippen LogP contribution in [0.1, 0.15) is 30.6 Å². The molecule has 3 amide bonds. The SMILES string of the molecule is COc1cc(OC)cc(C(=O)OCC(=O)NC(=O)NCCC(C)C)c1. The summed E-state index contributed by atoms with van der Waals surface area (Å²) in [6.07, 6.45) is 0.800. The third-order valence-corrected chi connectivity index (χ3v) is 3.18. The first-order valence-corrected chi connectivity index (χ1v) is 7.83. The number of hydrogen-bond donors (Lipinski definition) is 2. The minimum atomic E-state index is -0.729. The summed E-state index contributed by atoms with van der Waals surface area (Å²) in [5.41, 5.74) is 0.172. The fourth-order valence-corrected chi connectivity index (χ4v) is 1.82. The van der Waals surface area contributed by atoms with Gasteiger partial charge in [0.2, 0.25) is 0 Å². The highest BCUT2D eigenvalue weighted by Crippen LogP contribution is 2.22. The Morgan fingerprint density at radius 2 is 1.64 bits per heavy atom. The van der Waals surface area contributed by atoms with Crippen LogP contribution in [0.4, 0.5) is 4.79 Å². The minimum absolute atomic E-state index is 0.172. The number of amides is 3. The molecule has 0 heterocycles. The Kier molecular flexibility index (Phi) is 8.25. The van der Waals surface area contributed by atoms with Crippen LogP contribution < -0.4 is 20.1 Å². The standard InChI is InChI=1S/C17H24N2O6/c1-11(2)5-6-18-17(22)19-15(20)10-25-16(21)12-7-13(23-3)9-14(8-12)24-4/h7-9,11H,5-6,10H2,1-4H3,(H2,18,19,20,22). The van der Waals surface area contributed by atoms with Crippen molar-refractivity contribution < 1.29 is 28.6 Å². The van der Waals surface area contributed by atoms with Crippen LogP contribution in [0.25, 0.3) is 0 Å². The molecule has 1 aromatic carbocycles. The second kappa shape index (κ2) is 10.2. The van der Waals surface area contributed by atoms with Crippen molar-refractivity contribution in [2.24, 2.45) is 5.92 Å². The largest absolute Gasteiger partial charge is 0.497 e. The van der Waals surface area contributed by atoms with Crippen molar-refractivity contribution in [3.8, 4) is 11.5 Å². The summed E-state index contributed by atoms with van der Waals surface area (Å²) in [6, 6.07) is 3.90. The molecule has 0 aliphatic carbocycles. The van der Waals surface area contributed by atoms with Crippen molar-refractivity contribution in [2.45, 2.75) is 20.3 Å². The van der Waals surface area contributed by atoms with Gasteiger partial charge < -0.3 is 19.5 Å². The lowest BCUT2D eigenvalue weighted by atomic mass is 10.1. The van der Waals surface area contributed by atoms with E-state index >= 15 is 0 Å². The summed E-state index contributed by atoms with van der Waals surface area (Å²) in [7, 11) is 2.91. The third kappa shape index (κ3) is 7.56. The summed E-state index contributed by atoms with van der Waals surface area (Å²) in [5, 5.41) is 4.64. The highest BCUT2D eigenvalue weighted by Gasteiger charge is 2.14. The Morgan fingerprint density at radius 3 is 2.16 bits per heavy atom. The molecular weight excluding hydrogens is 328 g/mol. The number of hydrogen-bond acceptors (Lipinski definition) is 6. The summed E-state index contributed by atoms with van der Waals surface area (Å²) in [4.78, 5) is 35.1. The minimum Gasteiger partial charge on any atom is -0.497 e. The molecule has 8 heteroatoms. The van der Waals surface area contributed by atoms with Gasteiger partial charge in [0.25, 0.3) is 5.91 Å². The Balaban J connectivity index is 2.48. The summed E-state index contributed by atoms with van der Waals surface area (Å²) in [6.45, 7) is 3.94. The van der Waals surface area contributed by atoms with Crippen LogP contribution in [0.5, 0.6) is 11.5 Å². The Hall–Kier alpha value is -2.77. The smallest absolute Gasteiger partial charge is 0.338 e. The van der Waals surface area contributed by atoms with Gasteiger partial charge >= 0.3 is 12.0 Å². The first kappa shape index (κ1) is 20.3. The molecule has 0 unspecified atom stereocenters. The fourth-order valence-electron chi connectivity index (χ4n) is 1.82. The predicted molar refractivity (Wildman–Crippen MR) is 90.8 cm³/mol. The number of imide groups is 1. The molecule has 25 heavy (non-hydrogen) atoms. The highest BCUT2D eigenvalue weighted by molar-refractivity contribution is 5.97. The fraction of sp³-hybridized carbons (Fsp3) is 0.471. The molecule has 0 aliphatic rings. The number of rotatable bonds is 8. The van der Waals surface area contributed by atoms with E-state index in [9.17, 15) is 14.4 Å². The van der Waals surface area contributed by atoms with Crippen LogP contribution in [-0.2, 0) is 9.53 Å². The van der Waals surface area contributed by atoms with Gasteiger partial charge in [-0.15, -0.1) is 0 Å². The van der Waals surface area contributed by atoms with Crippen molar-refractivity contribution >= 4 is 17.9 Å². The van der Waals surface area contributed by atoms with Crippen molar-refractivity contribution in [3.63, 3.8) is 0 Å². The lowest BCUT2D eigenvalue weighted by Gasteiger charge is -2.10. The average Bonchev–Trinajstić information content (AvgIpc) is 2.58. The first-order chi connectivity index (χ1) is 11.8. The van der Waals surface area contributed by atoms with E-state index in [0.29, 0.717) is 24.0 Å². The molecule has 0 fully saturated rings. The van der Waals surface area contributed by atoms with E-state index < -0.39 is 24.5 Å². The molecule has 0 saturated heterocycles. The molecule has 138 valence electrons. The Labute approximate surface area is 146 Å². The Bertz CT molecular complexity index is 593. The quantitative estimate of drug-likeness (QED) is 0.691. The van der Waals surface area contributed by atoms with E-state index in [2.05, 4.69) is 10.6 Å². The van der Waals surface area contributed by atoms with Gasteiger partial charge in [0, 0.05) is 12.6 Å². The van der Waals surface area contributed by atoms with Crippen LogP contribution in [0.2, 0.25) is 0 Å². The second-order valence-corrected chi connectivity index (χ2v) is 5.66. The average molecular weight is 352 g/mol. The molecule has 8 nitrogen and oxygen atoms in total. The lowest BCUT2D eigenvalue weighted by molar-refractivity contribution is -0.123. The van der Waals surface area contributed by atoms with Gasteiger partial charge in [0.05, 0.1) is 19.8 Å². The van der Waals surface area contributed by atoms with Gasteiger partial charge in [0.1, 0.15) is 11.5 Å². The topological polar surface area (TPSA) is 103 Å². The van der Waals surface area contributed by atoms with Crippen LogP contribution in [0, 0.1) is 5.92 Å². The maximum Gasteiger partial charge on any atom is 0.338 e. The van der Waals surface area contributed by atoms with Crippen LogP contribution in [-0.4, -0.2) is 45.3 Å². The third-order valence-electron chi connectivity index (χ3n) is 3.18. The number of nitrogens with one attached hydrogen (secondary N) is 2. The number of urea groups is 1. The number of ether oxygens (including phenoxy) is 3. The molecule has 0 aliphatic heterocycles. The number of esters is 1. The van der Waals surface area contributed by atoms with Crippen molar-refractivity contribution in [3.05, 3.63) is 23.8 Å². The molecule has 0 spiro atoms. The van der Waals surface area contributed by atoms with Gasteiger partial charge in [-0.2, -0.15) is 0 Å². The van der Waals surface area contributed by atoms with Gasteiger partial charge in [-0.25, -0.2) is 9.59 Å². The van der Waals surface area contributed by atoms with Crippen LogP contribution >= 0.6 is 0 Å².